The van der Waals surface area contributed by atoms with Gasteiger partial charge in [0.25, 0.3) is 5.91 Å². The second kappa shape index (κ2) is 5.94. The Balaban J connectivity index is 1.93. The van der Waals surface area contributed by atoms with Crippen LogP contribution < -0.4 is 5.32 Å². The van der Waals surface area contributed by atoms with E-state index in [0.717, 1.165) is 24.8 Å². The summed E-state index contributed by atoms with van der Waals surface area (Å²) in [6.45, 7) is 2.56. The van der Waals surface area contributed by atoms with Gasteiger partial charge in [0.15, 0.2) is 0 Å². The first-order valence-corrected chi connectivity index (χ1v) is 7.08. The van der Waals surface area contributed by atoms with Gasteiger partial charge in [0.1, 0.15) is 0 Å². The lowest BCUT2D eigenvalue weighted by Gasteiger charge is -2.14. The molecule has 0 radical (unpaired) electrons. The summed E-state index contributed by atoms with van der Waals surface area (Å²) in [6, 6.07) is 5.31. The molecule has 1 aromatic rings. The molecule has 98 valence electrons. The highest BCUT2D eigenvalue weighted by atomic mass is 35.5. The Morgan fingerprint density at radius 1 is 1.44 bits per heavy atom. The van der Waals surface area contributed by atoms with E-state index in [2.05, 4.69) is 5.32 Å². The number of carbonyl (C=O) groups is 1. The summed E-state index contributed by atoms with van der Waals surface area (Å²) in [5.41, 5.74) is 1.57. The van der Waals surface area contributed by atoms with E-state index >= 15 is 0 Å². The van der Waals surface area contributed by atoms with Crippen LogP contribution in [0, 0.1) is 12.8 Å². The zero-order chi connectivity index (χ0) is 13.1. The summed E-state index contributed by atoms with van der Waals surface area (Å²) >= 11 is 12.1. The van der Waals surface area contributed by atoms with Gasteiger partial charge in [0.05, 0.1) is 0 Å². The highest BCUT2D eigenvalue weighted by molar-refractivity contribution is 6.31. The summed E-state index contributed by atoms with van der Waals surface area (Å²) in [5, 5.41) is 3.84. The van der Waals surface area contributed by atoms with Crippen molar-refractivity contribution in [2.24, 2.45) is 5.92 Å². The van der Waals surface area contributed by atoms with Crippen LogP contribution >= 0.6 is 23.2 Å². The van der Waals surface area contributed by atoms with Gasteiger partial charge < -0.3 is 5.32 Å². The molecule has 0 heterocycles. The van der Waals surface area contributed by atoms with Crippen LogP contribution in [0.4, 0.5) is 0 Å². The van der Waals surface area contributed by atoms with Crippen LogP contribution in [0.2, 0.25) is 5.02 Å². The Morgan fingerprint density at radius 3 is 2.83 bits per heavy atom. The molecule has 1 fully saturated rings. The van der Waals surface area contributed by atoms with E-state index in [0.29, 0.717) is 23.0 Å². The molecule has 4 heteroatoms. The largest absolute Gasteiger partial charge is 0.352 e. The van der Waals surface area contributed by atoms with Crippen molar-refractivity contribution in [2.75, 3.05) is 6.54 Å². The van der Waals surface area contributed by atoms with Crippen LogP contribution in [0.5, 0.6) is 0 Å². The maximum absolute atomic E-state index is 12.0. The van der Waals surface area contributed by atoms with Crippen LogP contribution in [0.3, 0.4) is 0 Å². The third-order valence-corrected chi connectivity index (χ3v) is 4.51. The van der Waals surface area contributed by atoms with Crippen molar-refractivity contribution < 1.29 is 4.79 Å². The third kappa shape index (κ3) is 3.18. The molecule has 18 heavy (non-hydrogen) atoms. The standard InChI is InChI=1S/C14H17Cl2NO/c1-9-7-10(5-6-12(9)15)14(18)17-8-11-3-2-4-13(11)16/h5-7,11,13H,2-4,8H2,1H3,(H,17,18). The molecular formula is C14H17Cl2NO. The zero-order valence-corrected chi connectivity index (χ0v) is 11.9. The second-order valence-corrected chi connectivity index (χ2v) is 5.85. The Kier molecular flexibility index (Phi) is 4.52. The van der Waals surface area contributed by atoms with E-state index in [1.165, 1.54) is 0 Å². The van der Waals surface area contributed by atoms with Crippen LogP contribution in [-0.4, -0.2) is 17.8 Å². The molecule has 0 saturated heterocycles. The van der Waals surface area contributed by atoms with E-state index in [-0.39, 0.29) is 11.3 Å². The first kappa shape index (κ1) is 13.7. The summed E-state index contributed by atoms with van der Waals surface area (Å²) in [5.74, 6) is 0.356. The van der Waals surface area contributed by atoms with E-state index in [9.17, 15) is 4.79 Å². The summed E-state index contributed by atoms with van der Waals surface area (Å²) in [7, 11) is 0. The number of alkyl halides is 1. The Labute approximate surface area is 118 Å². The minimum absolute atomic E-state index is 0.0504. The van der Waals surface area contributed by atoms with Crippen molar-refractivity contribution in [3.63, 3.8) is 0 Å². The molecule has 1 amide bonds. The maximum Gasteiger partial charge on any atom is 0.251 e. The van der Waals surface area contributed by atoms with Crippen LogP contribution in [0.15, 0.2) is 18.2 Å². The van der Waals surface area contributed by atoms with Crippen LogP contribution in [0.25, 0.3) is 0 Å². The van der Waals surface area contributed by atoms with E-state index in [1.807, 2.05) is 13.0 Å². The van der Waals surface area contributed by atoms with Gasteiger partial charge in [-0.05, 0) is 49.4 Å². The minimum atomic E-state index is -0.0504. The number of aryl methyl sites for hydroxylation is 1. The van der Waals surface area contributed by atoms with Crippen molar-refractivity contribution in [2.45, 2.75) is 31.6 Å². The smallest absolute Gasteiger partial charge is 0.251 e. The highest BCUT2D eigenvalue weighted by Crippen LogP contribution is 2.29. The van der Waals surface area contributed by atoms with Crippen molar-refractivity contribution in [1.82, 2.24) is 5.32 Å². The summed E-state index contributed by atoms with van der Waals surface area (Å²) in [6.07, 6.45) is 3.32. The molecule has 1 N–H and O–H groups in total. The van der Waals surface area contributed by atoms with Crippen LogP contribution in [-0.2, 0) is 0 Å². The maximum atomic E-state index is 12.0. The normalized spacial score (nSPS) is 23.1. The van der Waals surface area contributed by atoms with E-state index in [1.54, 1.807) is 12.1 Å². The summed E-state index contributed by atoms with van der Waals surface area (Å²) < 4.78 is 0. The third-order valence-electron chi connectivity index (χ3n) is 3.51. The van der Waals surface area contributed by atoms with Crippen molar-refractivity contribution in [1.29, 1.82) is 0 Å². The number of nitrogens with one attached hydrogen (secondary N) is 1. The van der Waals surface area contributed by atoms with Gasteiger partial charge in [-0.2, -0.15) is 0 Å². The number of benzene rings is 1. The predicted molar refractivity (Wildman–Crippen MR) is 75.5 cm³/mol. The lowest BCUT2D eigenvalue weighted by Crippen LogP contribution is -2.31. The molecular weight excluding hydrogens is 269 g/mol. The number of rotatable bonds is 3. The van der Waals surface area contributed by atoms with Crippen molar-refractivity contribution >= 4 is 29.1 Å². The highest BCUT2D eigenvalue weighted by Gasteiger charge is 2.25. The molecule has 1 saturated carbocycles. The number of carbonyl (C=O) groups excluding carboxylic acids is 1. The fourth-order valence-corrected chi connectivity index (χ4v) is 2.82. The predicted octanol–water partition coefficient (Wildman–Crippen LogP) is 3.79. The fourth-order valence-electron chi connectivity index (χ4n) is 2.33. The van der Waals surface area contributed by atoms with Gasteiger partial charge in [-0.25, -0.2) is 0 Å². The molecule has 0 aromatic heterocycles. The van der Waals surface area contributed by atoms with Gasteiger partial charge in [-0.1, -0.05) is 18.0 Å². The Hall–Kier alpha value is -0.730. The first-order chi connectivity index (χ1) is 8.58. The molecule has 2 atom stereocenters. The van der Waals surface area contributed by atoms with Gasteiger partial charge in [0, 0.05) is 22.5 Å². The van der Waals surface area contributed by atoms with Gasteiger partial charge >= 0.3 is 0 Å². The topological polar surface area (TPSA) is 29.1 Å². The van der Waals surface area contributed by atoms with Gasteiger partial charge in [-0.3, -0.25) is 4.79 Å². The zero-order valence-electron chi connectivity index (χ0n) is 10.4. The first-order valence-electron chi connectivity index (χ1n) is 6.26. The summed E-state index contributed by atoms with van der Waals surface area (Å²) in [4.78, 5) is 12.0. The van der Waals surface area contributed by atoms with Crippen molar-refractivity contribution in [3.8, 4) is 0 Å². The van der Waals surface area contributed by atoms with E-state index < -0.39 is 0 Å². The fraction of sp³-hybridized carbons (Fsp3) is 0.500. The average Bonchev–Trinajstić information content (AvgIpc) is 2.75. The molecule has 2 nitrogen and oxygen atoms in total. The van der Waals surface area contributed by atoms with Gasteiger partial charge in [0.2, 0.25) is 0 Å². The number of hydrogen-bond acceptors (Lipinski definition) is 1. The molecule has 2 rings (SSSR count). The molecule has 1 aliphatic rings. The quantitative estimate of drug-likeness (QED) is 0.842. The monoisotopic (exact) mass is 285 g/mol. The molecule has 1 aromatic carbocycles. The average molecular weight is 286 g/mol. The van der Waals surface area contributed by atoms with Crippen molar-refractivity contribution in [3.05, 3.63) is 34.3 Å². The Morgan fingerprint density at radius 2 is 2.22 bits per heavy atom. The lowest BCUT2D eigenvalue weighted by atomic mass is 10.1. The van der Waals surface area contributed by atoms with E-state index in [4.69, 9.17) is 23.2 Å². The number of hydrogen-bond donors (Lipinski definition) is 1. The number of amides is 1. The molecule has 1 aliphatic carbocycles. The lowest BCUT2D eigenvalue weighted by molar-refractivity contribution is 0.0947. The molecule has 0 spiro atoms. The number of halogens is 2. The van der Waals surface area contributed by atoms with Crippen LogP contribution in [0.1, 0.15) is 35.2 Å². The SMILES string of the molecule is Cc1cc(C(=O)NCC2CCCC2Cl)ccc1Cl. The molecule has 0 bridgehead atoms. The molecule has 0 aliphatic heterocycles. The minimum Gasteiger partial charge on any atom is -0.352 e. The second-order valence-electron chi connectivity index (χ2n) is 4.88. The molecule has 2 unspecified atom stereocenters. The Bertz CT molecular complexity index is 447. The van der Waals surface area contributed by atoms with Gasteiger partial charge in [-0.15, -0.1) is 11.6 Å².